The van der Waals surface area contributed by atoms with Gasteiger partial charge < -0.3 is 20.1 Å². The summed E-state index contributed by atoms with van der Waals surface area (Å²) in [5.74, 6) is 1.47. The lowest BCUT2D eigenvalue weighted by atomic mass is 10.2. The van der Waals surface area contributed by atoms with Crippen molar-refractivity contribution < 1.29 is 9.47 Å². The molecule has 0 spiro atoms. The van der Waals surface area contributed by atoms with Gasteiger partial charge in [-0.15, -0.1) is 24.0 Å². The number of rotatable bonds is 9. The molecule has 1 unspecified atom stereocenters. The van der Waals surface area contributed by atoms with Crippen LogP contribution >= 0.6 is 24.0 Å². The normalized spacial score (nSPS) is 18.7. The Kier molecular flexibility index (Phi) is 13.5. The van der Waals surface area contributed by atoms with Crippen LogP contribution < -0.4 is 10.6 Å². The summed E-state index contributed by atoms with van der Waals surface area (Å²) in [4.78, 5) is 4.21. The monoisotopic (exact) mass is 413 g/mol. The van der Waals surface area contributed by atoms with E-state index < -0.39 is 0 Å². The molecule has 0 bridgehead atoms. The maximum atomic E-state index is 5.60. The van der Waals surface area contributed by atoms with Gasteiger partial charge in [0, 0.05) is 40.0 Å². The van der Waals surface area contributed by atoms with E-state index in [9.17, 15) is 0 Å². The van der Waals surface area contributed by atoms with Gasteiger partial charge in [0.1, 0.15) is 0 Å². The molecule has 0 aromatic heterocycles. The fourth-order valence-corrected chi connectivity index (χ4v) is 2.14. The van der Waals surface area contributed by atoms with Gasteiger partial charge >= 0.3 is 0 Å². The van der Waals surface area contributed by atoms with Crippen LogP contribution in [0.25, 0.3) is 0 Å². The molecule has 126 valence electrons. The summed E-state index contributed by atoms with van der Waals surface area (Å²) in [7, 11) is 1.80. The van der Waals surface area contributed by atoms with Crippen LogP contribution in [0.5, 0.6) is 0 Å². The van der Waals surface area contributed by atoms with E-state index in [1.165, 1.54) is 12.8 Å². The zero-order chi connectivity index (χ0) is 14.6. The fraction of sp³-hybridized carbons (Fsp3) is 0.933. The van der Waals surface area contributed by atoms with Crippen LogP contribution in [0.1, 0.15) is 39.5 Å². The van der Waals surface area contributed by atoms with E-state index in [4.69, 9.17) is 9.47 Å². The summed E-state index contributed by atoms with van der Waals surface area (Å²) in [6, 6.07) is 0. The van der Waals surface area contributed by atoms with Gasteiger partial charge in [-0.2, -0.15) is 0 Å². The minimum atomic E-state index is 0. The Labute approximate surface area is 146 Å². The first-order valence-electron chi connectivity index (χ1n) is 7.86. The van der Waals surface area contributed by atoms with Gasteiger partial charge in [0.15, 0.2) is 5.96 Å². The molecule has 0 radical (unpaired) electrons. The zero-order valence-electron chi connectivity index (χ0n) is 13.7. The van der Waals surface area contributed by atoms with Crippen LogP contribution in [-0.4, -0.2) is 52.0 Å². The van der Waals surface area contributed by atoms with Crippen molar-refractivity contribution in [3.8, 4) is 0 Å². The molecule has 0 aliphatic carbocycles. The molecule has 1 rings (SSSR count). The van der Waals surface area contributed by atoms with Crippen LogP contribution in [0, 0.1) is 5.92 Å². The van der Waals surface area contributed by atoms with Gasteiger partial charge in [0.25, 0.3) is 0 Å². The van der Waals surface area contributed by atoms with Crippen molar-refractivity contribution in [1.82, 2.24) is 10.6 Å². The second kappa shape index (κ2) is 13.6. The summed E-state index contributed by atoms with van der Waals surface area (Å²) >= 11 is 0. The van der Waals surface area contributed by atoms with Crippen molar-refractivity contribution in [3.05, 3.63) is 0 Å². The molecule has 5 nitrogen and oxygen atoms in total. The molecule has 1 saturated heterocycles. The zero-order valence-corrected chi connectivity index (χ0v) is 16.0. The van der Waals surface area contributed by atoms with Gasteiger partial charge in [-0.3, -0.25) is 4.99 Å². The maximum Gasteiger partial charge on any atom is 0.190 e. The van der Waals surface area contributed by atoms with Crippen LogP contribution in [0.4, 0.5) is 0 Å². The van der Waals surface area contributed by atoms with E-state index in [1.807, 2.05) is 0 Å². The number of nitrogens with zero attached hydrogens (tertiary/aromatic N) is 1. The van der Waals surface area contributed by atoms with Gasteiger partial charge in [0.05, 0.1) is 6.10 Å². The molecular formula is C15H32IN3O2. The average molecular weight is 413 g/mol. The lowest BCUT2D eigenvalue weighted by Gasteiger charge is -2.14. The molecule has 0 aromatic carbocycles. The number of hydrogen-bond donors (Lipinski definition) is 2. The quantitative estimate of drug-likeness (QED) is 0.264. The Morgan fingerprint density at radius 2 is 2.10 bits per heavy atom. The largest absolute Gasteiger partial charge is 0.381 e. The van der Waals surface area contributed by atoms with Gasteiger partial charge in [-0.05, 0) is 31.6 Å². The molecule has 0 amide bonds. The molecule has 0 aromatic rings. The van der Waals surface area contributed by atoms with E-state index in [2.05, 4.69) is 29.5 Å². The number of aliphatic imine (C=N–C) groups is 1. The summed E-state index contributed by atoms with van der Waals surface area (Å²) < 4.78 is 11.1. The summed E-state index contributed by atoms with van der Waals surface area (Å²) in [5.41, 5.74) is 0. The molecule has 21 heavy (non-hydrogen) atoms. The Morgan fingerprint density at radius 3 is 2.71 bits per heavy atom. The maximum absolute atomic E-state index is 5.60. The molecule has 0 saturated carbocycles. The number of hydrogen-bond acceptors (Lipinski definition) is 3. The third kappa shape index (κ3) is 11.2. The first-order valence-corrected chi connectivity index (χ1v) is 7.86. The van der Waals surface area contributed by atoms with Gasteiger partial charge in [-0.1, -0.05) is 13.8 Å². The van der Waals surface area contributed by atoms with E-state index >= 15 is 0 Å². The minimum absolute atomic E-state index is 0. The Bertz CT molecular complexity index is 270. The predicted octanol–water partition coefficient (Wildman–Crippen LogP) is 2.40. The van der Waals surface area contributed by atoms with Crippen molar-refractivity contribution >= 4 is 29.9 Å². The fourth-order valence-electron chi connectivity index (χ4n) is 2.14. The Morgan fingerprint density at radius 1 is 1.33 bits per heavy atom. The van der Waals surface area contributed by atoms with Crippen LogP contribution in [0.3, 0.4) is 0 Å². The highest BCUT2D eigenvalue weighted by Crippen LogP contribution is 2.14. The third-order valence-corrected chi connectivity index (χ3v) is 3.22. The standard InChI is InChI=1S/C15H31N3O2.HI/c1-13(2)12-19-10-5-8-17-15(16-3)18-9-7-14-6-4-11-20-14;/h13-14H,4-12H2,1-3H3,(H2,16,17,18);1H. The summed E-state index contributed by atoms with van der Waals surface area (Å²) in [5, 5.41) is 6.62. The topological polar surface area (TPSA) is 54.9 Å². The Hall–Kier alpha value is -0.0800. The second-order valence-corrected chi connectivity index (χ2v) is 5.67. The van der Waals surface area contributed by atoms with Gasteiger partial charge in [0.2, 0.25) is 0 Å². The summed E-state index contributed by atoms with van der Waals surface area (Å²) in [6.07, 6.45) is 4.89. The molecule has 1 aliphatic rings. The van der Waals surface area contributed by atoms with E-state index in [-0.39, 0.29) is 24.0 Å². The highest BCUT2D eigenvalue weighted by Gasteiger charge is 2.14. The van der Waals surface area contributed by atoms with E-state index in [0.717, 1.165) is 51.7 Å². The molecular weight excluding hydrogens is 381 g/mol. The lowest BCUT2D eigenvalue weighted by molar-refractivity contribution is 0.105. The smallest absolute Gasteiger partial charge is 0.190 e. The number of halogens is 1. The highest BCUT2D eigenvalue weighted by atomic mass is 127. The van der Waals surface area contributed by atoms with Crippen molar-refractivity contribution in [2.24, 2.45) is 10.9 Å². The van der Waals surface area contributed by atoms with Crippen LogP contribution in [-0.2, 0) is 9.47 Å². The summed E-state index contributed by atoms with van der Waals surface area (Å²) in [6.45, 7) is 8.70. The van der Waals surface area contributed by atoms with Gasteiger partial charge in [-0.25, -0.2) is 0 Å². The first kappa shape index (κ1) is 20.9. The number of ether oxygens (including phenoxy) is 2. The minimum Gasteiger partial charge on any atom is -0.381 e. The molecule has 2 N–H and O–H groups in total. The van der Waals surface area contributed by atoms with Crippen LogP contribution in [0.2, 0.25) is 0 Å². The molecule has 1 atom stereocenters. The van der Waals surface area contributed by atoms with E-state index in [0.29, 0.717) is 12.0 Å². The second-order valence-electron chi connectivity index (χ2n) is 5.67. The van der Waals surface area contributed by atoms with Crippen molar-refractivity contribution in [3.63, 3.8) is 0 Å². The molecule has 1 heterocycles. The van der Waals surface area contributed by atoms with E-state index in [1.54, 1.807) is 7.05 Å². The van der Waals surface area contributed by atoms with Crippen LogP contribution in [0.15, 0.2) is 4.99 Å². The predicted molar refractivity (Wildman–Crippen MR) is 98.6 cm³/mol. The third-order valence-electron chi connectivity index (χ3n) is 3.22. The van der Waals surface area contributed by atoms with Crippen molar-refractivity contribution in [1.29, 1.82) is 0 Å². The number of guanidine groups is 1. The van der Waals surface area contributed by atoms with Crippen molar-refractivity contribution in [2.45, 2.75) is 45.6 Å². The molecule has 1 aliphatic heterocycles. The number of nitrogens with one attached hydrogen (secondary N) is 2. The Balaban J connectivity index is 0.00000400. The molecule has 6 heteroatoms. The average Bonchev–Trinajstić information content (AvgIpc) is 2.93. The van der Waals surface area contributed by atoms with Crippen molar-refractivity contribution in [2.75, 3.05) is 40.0 Å². The SMILES string of the molecule is CN=C(NCCCOCC(C)C)NCCC1CCCO1.I. The first-order chi connectivity index (χ1) is 9.72. The lowest BCUT2D eigenvalue weighted by Crippen LogP contribution is -2.39. The molecule has 1 fully saturated rings. The highest BCUT2D eigenvalue weighted by molar-refractivity contribution is 14.0.